The van der Waals surface area contributed by atoms with Crippen LogP contribution < -0.4 is 0 Å². The van der Waals surface area contributed by atoms with Gasteiger partial charge in [-0.1, -0.05) is 6.92 Å². The van der Waals surface area contributed by atoms with E-state index in [2.05, 4.69) is 23.0 Å². The van der Waals surface area contributed by atoms with E-state index in [9.17, 15) is 0 Å². The van der Waals surface area contributed by atoms with Crippen LogP contribution in [0, 0.1) is 18.3 Å². The van der Waals surface area contributed by atoms with Gasteiger partial charge in [-0.2, -0.15) is 5.26 Å². The maximum absolute atomic E-state index is 9.11. The highest BCUT2D eigenvalue weighted by Crippen LogP contribution is 2.15. The van der Waals surface area contributed by atoms with Gasteiger partial charge in [0.1, 0.15) is 11.9 Å². The Balaban J connectivity index is 2.56. The summed E-state index contributed by atoms with van der Waals surface area (Å²) >= 11 is 0. The molecular formula is C13H14N4. The quantitative estimate of drug-likeness (QED) is 0.807. The van der Waals surface area contributed by atoms with E-state index in [-0.39, 0.29) is 0 Å². The first-order valence-corrected chi connectivity index (χ1v) is 5.66. The lowest BCUT2D eigenvalue weighted by Crippen LogP contribution is -2.05. The third-order valence-corrected chi connectivity index (χ3v) is 2.55. The van der Waals surface area contributed by atoms with Crippen molar-refractivity contribution in [2.75, 3.05) is 0 Å². The fourth-order valence-electron chi connectivity index (χ4n) is 1.75. The molecule has 0 aliphatic carbocycles. The summed E-state index contributed by atoms with van der Waals surface area (Å²) in [7, 11) is 0. The van der Waals surface area contributed by atoms with E-state index in [4.69, 9.17) is 5.26 Å². The Morgan fingerprint density at radius 3 is 2.94 bits per heavy atom. The van der Waals surface area contributed by atoms with Crippen molar-refractivity contribution in [3.63, 3.8) is 0 Å². The first kappa shape index (κ1) is 11.3. The third-order valence-electron chi connectivity index (χ3n) is 2.55. The average Bonchev–Trinajstić information content (AvgIpc) is 2.77. The Bertz CT molecular complexity index is 563. The summed E-state index contributed by atoms with van der Waals surface area (Å²) < 4.78 is 1.90. The SMILES string of the molecule is CCCc1nccn1-c1nc(C)ccc1C#N. The van der Waals surface area contributed by atoms with Crippen LogP contribution in [-0.4, -0.2) is 14.5 Å². The molecule has 86 valence electrons. The lowest BCUT2D eigenvalue weighted by Gasteiger charge is -2.08. The van der Waals surface area contributed by atoms with Crippen LogP contribution >= 0.6 is 0 Å². The molecule has 0 bridgehead atoms. The van der Waals surface area contributed by atoms with Crippen molar-refractivity contribution >= 4 is 0 Å². The number of hydrogen-bond acceptors (Lipinski definition) is 3. The Morgan fingerprint density at radius 2 is 2.24 bits per heavy atom. The normalized spacial score (nSPS) is 10.2. The molecule has 0 atom stereocenters. The predicted octanol–water partition coefficient (Wildman–Crippen LogP) is 2.40. The van der Waals surface area contributed by atoms with E-state index in [1.165, 1.54) is 0 Å². The molecule has 0 amide bonds. The molecular weight excluding hydrogens is 212 g/mol. The smallest absolute Gasteiger partial charge is 0.156 e. The number of aryl methyl sites for hydroxylation is 2. The largest absolute Gasteiger partial charge is 0.287 e. The lowest BCUT2D eigenvalue weighted by atomic mass is 10.2. The molecule has 2 aromatic rings. The highest BCUT2D eigenvalue weighted by molar-refractivity contribution is 5.44. The van der Waals surface area contributed by atoms with Gasteiger partial charge in [-0.05, 0) is 25.5 Å². The van der Waals surface area contributed by atoms with Gasteiger partial charge in [-0.3, -0.25) is 4.57 Å². The van der Waals surface area contributed by atoms with Crippen molar-refractivity contribution in [3.8, 4) is 11.9 Å². The van der Waals surface area contributed by atoms with Gasteiger partial charge in [0.2, 0.25) is 0 Å². The first-order chi connectivity index (χ1) is 8.26. The molecule has 2 rings (SSSR count). The Labute approximate surface area is 101 Å². The van der Waals surface area contributed by atoms with Crippen molar-refractivity contribution in [2.45, 2.75) is 26.7 Å². The molecule has 0 fully saturated rings. The number of aromatic nitrogens is 3. The van der Waals surface area contributed by atoms with Crippen LogP contribution in [0.25, 0.3) is 5.82 Å². The molecule has 0 aromatic carbocycles. The second-order valence-electron chi connectivity index (χ2n) is 3.90. The van der Waals surface area contributed by atoms with Crippen LogP contribution in [0.2, 0.25) is 0 Å². The summed E-state index contributed by atoms with van der Waals surface area (Å²) in [6.07, 6.45) is 5.50. The van der Waals surface area contributed by atoms with E-state index >= 15 is 0 Å². The molecule has 2 aromatic heterocycles. The molecule has 0 aliphatic rings. The maximum atomic E-state index is 9.11. The molecule has 4 heteroatoms. The molecule has 0 aliphatic heterocycles. The Hall–Kier alpha value is -2.15. The van der Waals surface area contributed by atoms with E-state index in [1.807, 2.05) is 23.8 Å². The monoisotopic (exact) mass is 226 g/mol. The maximum Gasteiger partial charge on any atom is 0.156 e. The minimum absolute atomic E-state index is 0.575. The van der Waals surface area contributed by atoms with Crippen molar-refractivity contribution in [2.24, 2.45) is 0 Å². The number of pyridine rings is 1. The van der Waals surface area contributed by atoms with Gasteiger partial charge in [0.15, 0.2) is 5.82 Å². The average molecular weight is 226 g/mol. The number of nitriles is 1. The van der Waals surface area contributed by atoms with Crippen LogP contribution in [0.15, 0.2) is 24.5 Å². The Kier molecular flexibility index (Phi) is 3.20. The zero-order chi connectivity index (χ0) is 12.3. The van der Waals surface area contributed by atoms with E-state index < -0.39 is 0 Å². The summed E-state index contributed by atoms with van der Waals surface area (Å²) in [4.78, 5) is 8.73. The van der Waals surface area contributed by atoms with Gasteiger partial charge < -0.3 is 0 Å². The number of imidazole rings is 1. The molecule has 0 spiro atoms. The van der Waals surface area contributed by atoms with Crippen LogP contribution in [-0.2, 0) is 6.42 Å². The number of hydrogen-bond donors (Lipinski definition) is 0. The molecule has 2 heterocycles. The van der Waals surface area contributed by atoms with Gasteiger partial charge in [-0.15, -0.1) is 0 Å². The summed E-state index contributed by atoms with van der Waals surface area (Å²) in [5, 5.41) is 9.11. The van der Waals surface area contributed by atoms with Gasteiger partial charge in [0, 0.05) is 24.5 Å². The minimum atomic E-state index is 0.575. The van der Waals surface area contributed by atoms with E-state index in [1.54, 1.807) is 12.3 Å². The second kappa shape index (κ2) is 4.79. The number of nitrogens with zero attached hydrogens (tertiary/aromatic N) is 4. The summed E-state index contributed by atoms with van der Waals surface area (Å²) in [6.45, 7) is 4.02. The topological polar surface area (TPSA) is 54.5 Å². The van der Waals surface area contributed by atoms with E-state index in [0.29, 0.717) is 11.4 Å². The van der Waals surface area contributed by atoms with Gasteiger partial charge >= 0.3 is 0 Å². The number of rotatable bonds is 3. The van der Waals surface area contributed by atoms with Gasteiger partial charge in [0.05, 0.1) is 5.56 Å². The van der Waals surface area contributed by atoms with Crippen LogP contribution in [0.4, 0.5) is 0 Å². The van der Waals surface area contributed by atoms with Gasteiger partial charge in [0.25, 0.3) is 0 Å². The van der Waals surface area contributed by atoms with Crippen molar-refractivity contribution in [3.05, 3.63) is 41.6 Å². The molecule has 0 saturated carbocycles. The standard InChI is InChI=1S/C13H14N4/c1-3-4-12-15-7-8-17(12)13-11(9-14)6-5-10(2)16-13/h5-8H,3-4H2,1-2H3. The molecule has 17 heavy (non-hydrogen) atoms. The lowest BCUT2D eigenvalue weighted by molar-refractivity contribution is 0.795. The van der Waals surface area contributed by atoms with Crippen LogP contribution in [0.3, 0.4) is 0 Å². The first-order valence-electron chi connectivity index (χ1n) is 5.66. The fourth-order valence-corrected chi connectivity index (χ4v) is 1.75. The summed E-state index contributed by atoms with van der Waals surface area (Å²) in [5.41, 5.74) is 1.47. The zero-order valence-electron chi connectivity index (χ0n) is 10.0. The van der Waals surface area contributed by atoms with Crippen molar-refractivity contribution in [1.29, 1.82) is 5.26 Å². The highest BCUT2D eigenvalue weighted by atomic mass is 15.1. The van der Waals surface area contributed by atoms with Crippen molar-refractivity contribution < 1.29 is 0 Å². The van der Waals surface area contributed by atoms with Crippen LogP contribution in [0.5, 0.6) is 0 Å². The molecule has 0 unspecified atom stereocenters. The fraction of sp³-hybridized carbons (Fsp3) is 0.308. The highest BCUT2D eigenvalue weighted by Gasteiger charge is 2.10. The van der Waals surface area contributed by atoms with Crippen LogP contribution in [0.1, 0.15) is 30.4 Å². The minimum Gasteiger partial charge on any atom is -0.287 e. The molecule has 0 saturated heterocycles. The molecule has 0 radical (unpaired) electrons. The summed E-state index contributed by atoms with van der Waals surface area (Å²) in [6, 6.07) is 5.81. The molecule has 4 nitrogen and oxygen atoms in total. The van der Waals surface area contributed by atoms with Crippen molar-refractivity contribution in [1.82, 2.24) is 14.5 Å². The zero-order valence-corrected chi connectivity index (χ0v) is 10.0. The van der Waals surface area contributed by atoms with E-state index in [0.717, 1.165) is 24.4 Å². The third kappa shape index (κ3) is 2.18. The molecule has 0 N–H and O–H groups in total. The Morgan fingerprint density at radius 1 is 1.41 bits per heavy atom. The predicted molar refractivity (Wildman–Crippen MR) is 64.8 cm³/mol. The summed E-state index contributed by atoms with van der Waals surface area (Å²) in [5.74, 6) is 1.62. The van der Waals surface area contributed by atoms with Gasteiger partial charge in [-0.25, -0.2) is 9.97 Å². The second-order valence-corrected chi connectivity index (χ2v) is 3.90.